The summed E-state index contributed by atoms with van der Waals surface area (Å²) in [6.07, 6.45) is 1.39. The van der Waals surface area contributed by atoms with Gasteiger partial charge in [0.1, 0.15) is 5.92 Å². The molecule has 4 atom stereocenters. The summed E-state index contributed by atoms with van der Waals surface area (Å²) in [4.78, 5) is 29.2. The predicted octanol–water partition coefficient (Wildman–Crippen LogP) is -2.13. The summed E-state index contributed by atoms with van der Waals surface area (Å²) in [6, 6.07) is 0. The molecule has 0 aromatic carbocycles. The number of nitrogens with two attached hydrogens (primary N) is 1. The van der Waals surface area contributed by atoms with E-state index >= 15 is 0 Å². The maximum absolute atomic E-state index is 12.0. The van der Waals surface area contributed by atoms with Gasteiger partial charge >= 0.3 is 11.9 Å². The molecule has 0 aromatic rings. The van der Waals surface area contributed by atoms with Crippen molar-refractivity contribution in [1.82, 2.24) is 0 Å². The Morgan fingerprint density at radius 1 is 1.15 bits per heavy atom. The van der Waals surface area contributed by atoms with Gasteiger partial charge < -0.3 is 30.9 Å². The van der Waals surface area contributed by atoms with Gasteiger partial charge in [0.15, 0.2) is 22.0 Å². The van der Waals surface area contributed by atoms with E-state index in [-0.39, 0.29) is 5.75 Å². The van der Waals surface area contributed by atoms with Crippen LogP contribution in [-0.2, 0) is 29.0 Å². The van der Waals surface area contributed by atoms with Crippen molar-refractivity contribution < 1.29 is 48.0 Å². The van der Waals surface area contributed by atoms with Crippen LogP contribution in [0, 0.1) is 5.92 Å². The molecule has 1 aliphatic rings. The number of aliphatic carboxylic acids is 2. The fourth-order valence-corrected chi connectivity index (χ4v) is 3.58. The number of ether oxygens (including phenoxy) is 1. The molecule has 26 heavy (non-hydrogen) atoms. The second kappa shape index (κ2) is 9.43. The van der Waals surface area contributed by atoms with Crippen LogP contribution in [0.1, 0.15) is 6.92 Å². The number of allylic oxidation sites excluding steroid dienone is 2. The highest BCUT2D eigenvalue weighted by Gasteiger charge is 2.50. The third kappa shape index (κ3) is 5.11. The number of methoxy groups -OCH3 is 1. The Morgan fingerprint density at radius 3 is 1.92 bits per heavy atom. The van der Waals surface area contributed by atoms with E-state index in [1.807, 2.05) is 0 Å². The Balaban J connectivity index is 0.000000541. The van der Waals surface area contributed by atoms with E-state index in [1.54, 1.807) is 6.08 Å². The van der Waals surface area contributed by atoms with E-state index in [9.17, 15) is 22.8 Å². The Morgan fingerprint density at radius 2 is 1.62 bits per heavy atom. The van der Waals surface area contributed by atoms with E-state index in [4.69, 9.17) is 30.9 Å². The Hall–Kier alpha value is -2.28. The third-order valence-corrected chi connectivity index (χ3v) is 5.76. The number of hydrogen-bond acceptors (Lipinski definition) is 8. The van der Waals surface area contributed by atoms with E-state index in [1.165, 1.54) is 32.3 Å². The second-order valence-electron chi connectivity index (χ2n) is 5.02. The fourth-order valence-electron chi connectivity index (χ4n) is 2.01. The number of aliphatic hydroxyl groups excluding tert-OH is 2. The highest BCUT2D eigenvalue weighted by atomic mass is 32.2. The zero-order valence-corrected chi connectivity index (χ0v) is 14.8. The van der Waals surface area contributed by atoms with Gasteiger partial charge in [0.2, 0.25) is 10.8 Å². The molecule has 0 aromatic heterocycles. The van der Waals surface area contributed by atoms with Crippen LogP contribution in [-0.4, -0.2) is 76.7 Å². The van der Waals surface area contributed by atoms with E-state index in [0.29, 0.717) is 0 Å². The van der Waals surface area contributed by atoms with Gasteiger partial charge in [-0.05, 0) is 6.08 Å². The van der Waals surface area contributed by atoms with Crippen LogP contribution < -0.4 is 5.73 Å². The summed E-state index contributed by atoms with van der Waals surface area (Å²) in [6.45, 7) is 1.50. The minimum absolute atomic E-state index is 0.122. The van der Waals surface area contributed by atoms with Crippen LogP contribution in [0.5, 0.6) is 0 Å². The molecule has 1 amide bonds. The molecule has 1 rings (SSSR count). The SMILES string of the molecule is CCS(=O)(=O)C1(OC)C=CC=CC1C(N)=O.O=C(O)C(O)C(O)C(=O)O. The zero-order chi connectivity index (χ0) is 20.7. The highest BCUT2D eigenvalue weighted by molar-refractivity contribution is 7.92. The van der Waals surface area contributed by atoms with Crippen molar-refractivity contribution in [2.45, 2.75) is 24.1 Å². The highest BCUT2D eigenvalue weighted by Crippen LogP contribution is 2.34. The predicted molar refractivity (Wildman–Crippen MR) is 87.5 cm³/mol. The van der Waals surface area contributed by atoms with Crippen molar-refractivity contribution in [2.24, 2.45) is 11.7 Å². The lowest BCUT2D eigenvalue weighted by molar-refractivity contribution is -0.165. The summed E-state index contributed by atoms with van der Waals surface area (Å²) in [5.41, 5.74) is 5.20. The standard InChI is InChI=1S/C10H15NO4S.C4H6O6/c1-3-16(13,14)10(15-2)7-5-4-6-8(10)9(11)12;5-1(3(7)8)2(6)4(9)10/h4-8H,3H2,1-2H3,(H2,11,12);1-2,5-6H,(H,7,8)(H,9,10). The van der Waals surface area contributed by atoms with Crippen molar-refractivity contribution in [1.29, 1.82) is 0 Å². The molecule has 0 radical (unpaired) electrons. The van der Waals surface area contributed by atoms with Gasteiger partial charge in [-0.1, -0.05) is 25.2 Å². The average Bonchev–Trinajstić information content (AvgIpc) is 2.60. The molecule has 0 aliphatic heterocycles. The summed E-state index contributed by atoms with van der Waals surface area (Å²) >= 11 is 0. The largest absolute Gasteiger partial charge is 0.479 e. The number of carbonyl (C=O) groups is 3. The van der Waals surface area contributed by atoms with Crippen LogP contribution in [0.15, 0.2) is 24.3 Å². The van der Waals surface area contributed by atoms with Gasteiger partial charge in [-0.15, -0.1) is 0 Å². The number of hydrogen-bond donors (Lipinski definition) is 5. The van der Waals surface area contributed by atoms with Crippen LogP contribution in [0.2, 0.25) is 0 Å². The molecule has 12 heteroatoms. The first-order valence-corrected chi connectivity index (χ1v) is 8.77. The van der Waals surface area contributed by atoms with Crippen molar-refractivity contribution >= 4 is 27.7 Å². The molecule has 6 N–H and O–H groups in total. The Bertz CT molecular complexity index is 681. The quantitative estimate of drug-likeness (QED) is 0.317. The molecule has 0 bridgehead atoms. The zero-order valence-electron chi connectivity index (χ0n) is 14.0. The minimum atomic E-state index is -3.59. The van der Waals surface area contributed by atoms with Crippen LogP contribution in [0.3, 0.4) is 0 Å². The lowest BCUT2D eigenvalue weighted by Crippen LogP contribution is -2.51. The Kier molecular flexibility index (Phi) is 8.60. The first kappa shape index (κ1) is 23.7. The first-order chi connectivity index (χ1) is 11.9. The number of rotatable bonds is 7. The van der Waals surface area contributed by atoms with Crippen molar-refractivity contribution in [2.75, 3.05) is 12.9 Å². The van der Waals surface area contributed by atoms with E-state index in [2.05, 4.69) is 0 Å². The monoisotopic (exact) mass is 395 g/mol. The van der Waals surface area contributed by atoms with E-state index < -0.39 is 50.7 Å². The Labute approximate surface area is 149 Å². The lowest BCUT2D eigenvalue weighted by atomic mass is 9.96. The van der Waals surface area contributed by atoms with Crippen LogP contribution in [0.25, 0.3) is 0 Å². The molecule has 0 fully saturated rings. The smallest absolute Gasteiger partial charge is 0.335 e. The summed E-state index contributed by atoms with van der Waals surface area (Å²) in [7, 11) is -2.33. The number of carbonyl (C=O) groups excluding carboxylic acids is 1. The summed E-state index contributed by atoms with van der Waals surface area (Å²) in [5.74, 6) is -5.38. The van der Waals surface area contributed by atoms with Gasteiger partial charge in [0.25, 0.3) is 0 Å². The van der Waals surface area contributed by atoms with Gasteiger partial charge in [-0.2, -0.15) is 0 Å². The first-order valence-electron chi connectivity index (χ1n) is 7.12. The average molecular weight is 395 g/mol. The second-order valence-corrected chi connectivity index (χ2v) is 7.46. The molecule has 0 spiro atoms. The van der Waals surface area contributed by atoms with Crippen LogP contribution in [0.4, 0.5) is 0 Å². The molecular weight excluding hydrogens is 374 g/mol. The van der Waals surface area contributed by atoms with Crippen molar-refractivity contribution in [3.8, 4) is 0 Å². The molecule has 1 aliphatic carbocycles. The number of carboxylic acids is 2. The van der Waals surface area contributed by atoms with Crippen LogP contribution >= 0.6 is 0 Å². The number of carboxylic acid groups (broad SMARTS) is 2. The molecule has 0 saturated carbocycles. The number of primary amides is 1. The minimum Gasteiger partial charge on any atom is -0.479 e. The molecule has 0 heterocycles. The fraction of sp³-hybridized carbons (Fsp3) is 0.500. The van der Waals surface area contributed by atoms with Crippen molar-refractivity contribution in [3.63, 3.8) is 0 Å². The van der Waals surface area contributed by atoms with E-state index in [0.717, 1.165) is 0 Å². The van der Waals surface area contributed by atoms with Gasteiger partial charge in [-0.3, -0.25) is 4.79 Å². The van der Waals surface area contributed by atoms with Gasteiger partial charge in [0.05, 0.1) is 5.75 Å². The topological polar surface area (TPSA) is 202 Å². The molecule has 11 nitrogen and oxygen atoms in total. The maximum Gasteiger partial charge on any atom is 0.335 e. The van der Waals surface area contributed by atoms with Crippen molar-refractivity contribution in [3.05, 3.63) is 24.3 Å². The third-order valence-electron chi connectivity index (χ3n) is 3.47. The lowest BCUT2D eigenvalue weighted by Gasteiger charge is -2.34. The normalized spacial score (nSPS) is 24.1. The molecular formula is C14H21NO10S. The molecule has 148 valence electrons. The number of amides is 1. The van der Waals surface area contributed by atoms with Gasteiger partial charge in [-0.25, -0.2) is 18.0 Å². The summed E-state index contributed by atoms with van der Waals surface area (Å²) < 4.78 is 29.1. The molecule has 0 saturated heterocycles. The molecule has 4 unspecified atom stereocenters. The number of sulfone groups is 1. The summed E-state index contributed by atoms with van der Waals surface area (Å²) in [5, 5.41) is 32.5. The maximum atomic E-state index is 12.0. The van der Waals surface area contributed by atoms with Gasteiger partial charge in [0, 0.05) is 7.11 Å². The number of aliphatic hydroxyl groups is 2.